The number of halogens is 2. The molecule has 3 rings (SSSR count). The van der Waals surface area contributed by atoms with E-state index < -0.39 is 5.92 Å². The minimum Gasteiger partial charge on any atom is -0.353 e. The van der Waals surface area contributed by atoms with E-state index in [4.69, 9.17) is 11.6 Å². The number of hydrogen-bond acceptors (Lipinski definition) is 5. The molecular weight excluding hydrogens is 484 g/mol. The number of carbonyl (C=O) groups excluding carboxylic acids is 2. The van der Waals surface area contributed by atoms with Crippen molar-refractivity contribution in [1.82, 2.24) is 5.32 Å². The van der Waals surface area contributed by atoms with Crippen LogP contribution in [0, 0.1) is 11.3 Å². The molecule has 0 aromatic heterocycles. The van der Waals surface area contributed by atoms with E-state index in [1.165, 1.54) is 18.7 Å². The molecule has 0 saturated heterocycles. The van der Waals surface area contributed by atoms with Crippen LogP contribution in [-0.4, -0.2) is 17.3 Å². The van der Waals surface area contributed by atoms with Crippen LogP contribution in [0.15, 0.2) is 74.9 Å². The first kappa shape index (κ1) is 22.4. The molecule has 1 atom stereocenters. The molecule has 0 saturated carbocycles. The molecular formula is C23H18BrClN2O2S. The summed E-state index contributed by atoms with van der Waals surface area (Å²) >= 11 is 10.8. The van der Waals surface area contributed by atoms with Gasteiger partial charge in [0.1, 0.15) is 0 Å². The van der Waals surface area contributed by atoms with Crippen LogP contribution in [0.5, 0.6) is 0 Å². The Morgan fingerprint density at radius 3 is 2.47 bits per heavy atom. The maximum absolute atomic E-state index is 12.6. The maximum atomic E-state index is 12.6. The van der Waals surface area contributed by atoms with Gasteiger partial charge in [-0.05, 0) is 43.7 Å². The van der Waals surface area contributed by atoms with Crippen molar-refractivity contribution < 1.29 is 9.59 Å². The molecule has 0 fully saturated rings. The third-order valence-corrected chi connectivity index (χ3v) is 6.63. The van der Waals surface area contributed by atoms with Crippen LogP contribution in [0.1, 0.15) is 35.7 Å². The Bertz CT molecular complexity index is 1120. The monoisotopic (exact) mass is 500 g/mol. The molecule has 7 heteroatoms. The summed E-state index contributed by atoms with van der Waals surface area (Å²) in [5, 5.41) is 14.1. The Balaban J connectivity index is 1.97. The Kier molecular flexibility index (Phi) is 7.19. The number of ketones is 2. The molecule has 0 amide bonds. The largest absolute Gasteiger partial charge is 0.353 e. The summed E-state index contributed by atoms with van der Waals surface area (Å²) in [7, 11) is 0. The minimum atomic E-state index is -0.486. The van der Waals surface area contributed by atoms with Crippen molar-refractivity contribution in [2.45, 2.75) is 19.8 Å². The van der Waals surface area contributed by atoms with Crippen molar-refractivity contribution in [3.8, 4) is 6.07 Å². The average Bonchev–Trinajstić information content (AvgIpc) is 2.72. The topological polar surface area (TPSA) is 70.0 Å². The van der Waals surface area contributed by atoms with Crippen molar-refractivity contribution in [3.05, 3.63) is 91.0 Å². The lowest BCUT2D eigenvalue weighted by Crippen LogP contribution is -2.27. The highest BCUT2D eigenvalue weighted by atomic mass is 79.9. The van der Waals surface area contributed by atoms with Gasteiger partial charge in [-0.25, -0.2) is 0 Å². The molecule has 4 nitrogen and oxygen atoms in total. The second kappa shape index (κ2) is 9.65. The number of nitriles is 1. The SMILES string of the molecule is CC(=O)C1=C(C)NC(SCC(=O)c2ccccc2Cl)=C(C#N)C1c1ccc(Br)cc1. The zero-order chi connectivity index (χ0) is 21.8. The van der Waals surface area contributed by atoms with Crippen molar-refractivity contribution >= 4 is 50.9 Å². The van der Waals surface area contributed by atoms with Crippen LogP contribution in [0.3, 0.4) is 0 Å². The minimum absolute atomic E-state index is 0.100. The number of nitrogens with one attached hydrogen (secondary N) is 1. The summed E-state index contributed by atoms with van der Waals surface area (Å²) < 4.78 is 0.910. The van der Waals surface area contributed by atoms with Crippen LogP contribution in [-0.2, 0) is 4.79 Å². The summed E-state index contributed by atoms with van der Waals surface area (Å²) in [4.78, 5) is 25.0. The fraction of sp³-hybridized carbons (Fsp3) is 0.174. The third-order valence-electron chi connectivity index (χ3n) is 4.75. The van der Waals surface area contributed by atoms with Gasteiger partial charge >= 0.3 is 0 Å². The lowest BCUT2D eigenvalue weighted by Gasteiger charge is -2.29. The second-order valence-corrected chi connectivity index (χ2v) is 9.06. The van der Waals surface area contributed by atoms with Crippen LogP contribution < -0.4 is 5.32 Å². The second-order valence-electron chi connectivity index (χ2n) is 6.75. The maximum Gasteiger partial charge on any atom is 0.174 e. The van der Waals surface area contributed by atoms with Gasteiger partial charge in [0.2, 0.25) is 0 Å². The summed E-state index contributed by atoms with van der Waals surface area (Å²) in [5.74, 6) is -0.597. The molecule has 1 aliphatic heterocycles. The van der Waals surface area contributed by atoms with Crippen molar-refractivity contribution in [2.24, 2.45) is 0 Å². The predicted octanol–water partition coefficient (Wildman–Crippen LogP) is 6.00. The van der Waals surface area contributed by atoms with E-state index in [0.717, 1.165) is 10.0 Å². The van der Waals surface area contributed by atoms with Crippen molar-refractivity contribution in [2.75, 3.05) is 5.75 Å². The summed E-state index contributed by atoms with van der Waals surface area (Å²) in [6.07, 6.45) is 0. The van der Waals surface area contributed by atoms with Gasteiger partial charge in [0, 0.05) is 21.3 Å². The van der Waals surface area contributed by atoms with Gasteiger partial charge in [0.15, 0.2) is 11.6 Å². The fourth-order valence-electron chi connectivity index (χ4n) is 3.38. The number of hydrogen-bond donors (Lipinski definition) is 1. The highest BCUT2D eigenvalue weighted by Crippen LogP contribution is 2.41. The van der Waals surface area contributed by atoms with E-state index in [9.17, 15) is 14.9 Å². The van der Waals surface area contributed by atoms with E-state index in [1.54, 1.807) is 24.3 Å². The molecule has 2 aromatic rings. The molecule has 0 radical (unpaired) electrons. The molecule has 2 aromatic carbocycles. The van der Waals surface area contributed by atoms with E-state index in [1.807, 2.05) is 31.2 Å². The van der Waals surface area contributed by atoms with Crippen molar-refractivity contribution in [1.29, 1.82) is 5.26 Å². The van der Waals surface area contributed by atoms with Gasteiger partial charge in [0.25, 0.3) is 0 Å². The van der Waals surface area contributed by atoms with Crippen LogP contribution in [0.4, 0.5) is 0 Å². The quantitative estimate of drug-likeness (QED) is 0.491. The lowest BCUT2D eigenvalue weighted by atomic mass is 9.81. The van der Waals surface area contributed by atoms with Gasteiger partial charge in [-0.2, -0.15) is 5.26 Å². The molecule has 1 heterocycles. The first-order valence-corrected chi connectivity index (χ1v) is 11.3. The Labute approximate surface area is 193 Å². The Morgan fingerprint density at radius 2 is 1.87 bits per heavy atom. The fourth-order valence-corrected chi connectivity index (χ4v) is 4.87. The lowest BCUT2D eigenvalue weighted by molar-refractivity contribution is -0.113. The van der Waals surface area contributed by atoms with E-state index in [0.29, 0.717) is 32.5 Å². The zero-order valence-corrected chi connectivity index (χ0v) is 19.5. The zero-order valence-electron chi connectivity index (χ0n) is 16.3. The molecule has 1 unspecified atom stereocenters. The number of carbonyl (C=O) groups is 2. The molecule has 1 aliphatic rings. The number of rotatable bonds is 6. The molecule has 30 heavy (non-hydrogen) atoms. The van der Waals surface area contributed by atoms with E-state index in [-0.39, 0.29) is 17.3 Å². The number of nitrogens with zero attached hydrogens (tertiary/aromatic N) is 1. The summed E-state index contributed by atoms with van der Waals surface area (Å²) in [5.41, 5.74) is 2.95. The van der Waals surface area contributed by atoms with Gasteiger partial charge in [-0.3, -0.25) is 9.59 Å². The first-order valence-electron chi connectivity index (χ1n) is 9.12. The smallest absolute Gasteiger partial charge is 0.174 e. The number of dihydropyridines is 1. The number of allylic oxidation sites excluding steroid dienone is 3. The summed E-state index contributed by atoms with van der Waals surface area (Å²) in [6.45, 7) is 3.31. The molecule has 0 bridgehead atoms. The molecule has 0 spiro atoms. The van der Waals surface area contributed by atoms with Gasteiger partial charge in [-0.15, -0.1) is 0 Å². The normalized spacial score (nSPS) is 16.2. The van der Waals surface area contributed by atoms with Crippen molar-refractivity contribution in [3.63, 3.8) is 0 Å². The summed E-state index contributed by atoms with van der Waals surface area (Å²) in [6, 6.07) is 16.7. The Hall–Kier alpha value is -2.33. The number of Topliss-reactive ketones (excluding diaryl/α,β-unsaturated/α-hetero) is 2. The standard InChI is InChI=1S/C23H18BrClN2O2S/c1-13-21(14(2)28)22(15-7-9-16(24)10-8-15)18(11-26)23(27-13)30-12-20(29)17-5-3-4-6-19(17)25/h3-10,22,27H,12H2,1-2H3. The first-order chi connectivity index (χ1) is 14.3. The van der Waals surface area contributed by atoms with Crippen LogP contribution >= 0.6 is 39.3 Å². The highest BCUT2D eigenvalue weighted by Gasteiger charge is 2.33. The number of thioether (sulfide) groups is 1. The van der Waals surface area contributed by atoms with E-state index in [2.05, 4.69) is 27.3 Å². The number of benzene rings is 2. The molecule has 1 N–H and O–H groups in total. The third kappa shape index (κ3) is 4.70. The van der Waals surface area contributed by atoms with Gasteiger partial charge in [0.05, 0.1) is 33.4 Å². The van der Waals surface area contributed by atoms with E-state index >= 15 is 0 Å². The van der Waals surface area contributed by atoms with Gasteiger partial charge < -0.3 is 5.32 Å². The molecule has 152 valence electrons. The molecule has 0 aliphatic carbocycles. The van der Waals surface area contributed by atoms with Crippen LogP contribution in [0.2, 0.25) is 5.02 Å². The van der Waals surface area contributed by atoms with Crippen LogP contribution in [0.25, 0.3) is 0 Å². The highest BCUT2D eigenvalue weighted by molar-refractivity contribution is 9.10. The predicted molar refractivity (Wildman–Crippen MR) is 124 cm³/mol. The van der Waals surface area contributed by atoms with Gasteiger partial charge in [-0.1, -0.05) is 63.6 Å². The Morgan fingerprint density at radius 1 is 1.20 bits per heavy atom. The average molecular weight is 502 g/mol.